The number of hydrogen-bond acceptors (Lipinski definition) is 7. The van der Waals surface area contributed by atoms with E-state index in [-0.39, 0.29) is 32.8 Å². The number of carbonyl (C=O) groups excluding carboxylic acids is 2. The van der Waals surface area contributed by atoms with Crippen molar-refractivity contribution in [1.82, 2.24) is 5.06 Å². The van der Waals surface area contributed by atoms with Crippen molar-refractivity contribution in [3.63, 3.8) is 0 Å². The zero-order valence-electron chi connectivity index (χ0n) is 14.3. The zero-order valence-corrected chi connectivity index (χ0v) is 15.2. The molecule has 0 aromatic heterocycles. The van der Waals surface area contributed by atoms with E-state index in [1.807, 2.05) is 0 Å². The maximum atomic E-state index is 12.2. The second kappa shape index (κ2) is 9.22. The lowest BCUT2D eigenvalue weighted by molar-refractivity contribution is -0.0951. The third kappa shape index (κ3) is 4.96. The molecule has 0 unspecified atom stereocenters. The van der Waals surface area contributed by atoms with E-state index in [9.17, 15) is 14.2 Å². The Hall–Kier alpha value is -1.57. The van der Waals surface area contributed by atoms with Crippen molar-refractivity contribution >= 4 is 19.4 Å². The van der Waals surface area contributed by atoms with Gasteiger partial charge in [-0.1, -0.05) is 12.1 Å². The van der Waals surface area contributed by atoms with E-state index < -0.39 is 19.4 Å². The molecule has 0 aliphatic carbocycles. The van der Waals surface area contributed by atoms with Gasteiger partial charge < -0.3 is 13.8 Å². The first-order valence-electron chi connectivity index (χ1n) is 8.09. The summed E-state index contributed by atoms with van der Waals surface area (Å²) in [6.45, 7) is 4.32. The Balaban J connectivity index is 1.71. The minimum absolute atomic E-state index is 0.110. The standard InChI is InChI=1S/C16H22NO7P/c1-3-23-25(20,24-4-2)12-21-10-7-11-22-17-15(18)13-8-5-6-9-14(13)16(17)19/h5-6,8-9H,3-4,7,10-12H2,1-2H3. The fraction of sp³-hybridized carbons (Fsp3) is 0.500. The molecule has 1 heterocycles. The summed E-state index contributed by atoms with van der Waals surface area (Å²) in [5, 5.41) is 0.760. The van der Waals surface area contributed by atoms with Crippen LogP contribution in [0, 0.1) is 0 Å². The van der Waals surface area contributed by atoms with Gasteiger partial charge in [-0.05, 0) is 32.4 Å². The average molecular weight is 371 g/mol. The molecule has 2 rings (SSSR count). The first kappa shape index (κ1) is 19.8. The van der Waals surface area contributed by atoms with Gasteiger partial charge in [0.25, 0.3) is 11.8 Å². The number of nitrogens with zero attached hydrogens (tertiary/aromatic N) is 1. The van der Waals surface area contributed by atoms with Gasteiger partial charge in [0.2, 0.25) is 0 Å². The van der Waals surface area contributed by atoms with E-state index in [0.29, 0.717) is 17.5 Å². The molecule has 0 spiro atoms. The number of hydrogen-bond donors (Lipinski definition) is 0. The first-order valence-corrected chi connectivity index (χ1v) is 9.81. The third-order valence-electron chi connectivity index (χ3n) is 3.31. The topological polar surface area (TPSA) is 91.4 Å². The van der Waals surface area contributed by atoms with E-state index in [1.54, 1.807) is 38.1 Å². The van der Waals surface area contributed by atoms with Crippen molar-refractivity contribution in [2.45, 2.75) is 20.3 Å². The average Bonchev–Trinajstić information content (AvgIpc) is 2.83. The lowest BCUT2D eigenvalue weighted by Crippen LogP contribution is -2.30. The Bertz CT molecular complexity index is 619. The van der Waals surface area contributed by atoms with Crippen LogP contribution in [-0.2, 0) is 23.2 Å². The van der Waals surface area contributed by atoms with Crippen molar-refractivity contribution in [3.8, 4) is 0 Å². The Kier molecular flexibility index (Phi) is 7.28. The van der Waals surface area contributed by atoms with Gasteiger partial charge in [-0.2, -0.15) is 0 Å². The predicted octanol–water partition coefficient (Wildman–Crippen LogP) is 2.84. The van der Waals surface area contributed by atoms with Gasteiger partial charge in [0.1, 0.15) is 6.35 Å². The number of imide groups is 1. The molecular weight excluding hydrogens is 349 g/mol. The van der Waals surface area contributed by atoms with E-state index in [2.05, 4.69) is 0 Å². The van der Waals surface area contributed by atoms with Crippen LogP contribution >= 0.6 is 7.60 Å². The van der Waals surface area contributed by atoms with E-state index in [4.69, 9.17) is 18.6 Å². The number of amides is 2. The molecule has 1 aliphatic rings. The van der Waals surface area contributed by atoms with Crippen molar-refractivity contribution < 1.29 is 32.8 Å². The molecule has 0 fully saturated rings. The molecule has 1 aromatic rings. The van der Waals surface area contributed by atoms with Crippen molar-refractivity contribution in [1.29, 1.82) is 0 Å². The highest BCUT2D eigenvalue weighted by Crippen LogP contribution is 2.47. The Labute approximate surface area is 146 Å². The Morgan fingerprint density at radius 3 is 2.04 bits per heavy atom. The van der Waals surface area contributed by atoms with E-state index >= 15 is 0 Å². The van der Waals surface area contributed by atoms with E-state index in [1.165, 1.54) is 0 Å². The van der Waals surface area contributed by atoms with Crippen LogP contribution in [0.2, 0.25) is 0 Å². The van der Waals surface area contributed by atoms with Crippen molar-refractivity contribution in [2.75, 3.05) is 32.8 Å². The molecule has 8 nitrogen and oxygen atoms in total. The van der Waals surface area contributed by atoms with Crippen LogP contribution in [0.4, 0.5) is 0 Å². The second-order valence-corrected chi connectivity index (χ2v) is 7.12. The second-order valence-electron chi connectivity index (χ2n) is 5.12. The predicted molar refractivity (Wildman–Crippen MR) is 89.2 cm³/mol. The molecule has 9 heteroatoms. The van der Waals surface area contributed by atoms with Crippen LogP contribution < -0.4 is 0 Å². The molecule has 0 N–H and O–H groups in total. The fourth-order valence-electron chi connectivity index (χ4n) is 2.28. The van der Waals surface area contributed by atoms with Crippen LogP contribution in [-0.4, -0.2) is 49.7 Å². The summed E-state index contributed by atoms with van der Waals surface area (Å²) in [7, 11) is -3.23. The van der Waals surface area contributed by atoms with Gasteiger partial charge in [-0.15, -0.1) is 5.06 Å². The Morgan fingerprint density at radius 2 is 1.52 bits per heavy atom. The highest BCUT2D eigenvalue weighted by molar-refractivity contribution is 7.53. The maximum absolute atomic E-state index is 12.2. The molecule has 0 saturated carbocycles. The summed E-state index contributed by atoms with van der Waals surface area (Å²) in [6, 6.07) is 6.55. The number of rotatable bonds is 11. The van der Waals surface area contributed by atoms with Crippen LogP contribution in [0.5, 0.6) is 0 Å². The number of fused-ring (bicyclic) bond motifs is 1. The van der Waals surface area contributed by atoms with Gasteiger partial charge >= 0.3 is 7.60 Å². The molecule has 0 saturated heterocycles. The molecule has 2 amide bonds. The highest BCUT2D eigenvalue weighted by Gasteiger charge is 2.36. The maximum Gasteiger partial charge on any atom is 0.356 e. The molecule has 25 heavy (non-hydrogen) atoms. The summed E-state index contributed by atoms with van der Waals surface area (Å²) in [4.78, 5) is 29.4. The Morgan fingerprint density at radius 1 is 0.960 bits per heavy atom. The van der Waals surface area contributed by atoms with Crippen LogP contribution in [0.1, 0.15) is 41.0 Å². The van der Waals surface area contributed by atoms with Crippen LogP contribution in [0.25, 0.3) is 0 Å². The van der Waals surface area contributed by atoms with Crippen molar-refractivity contribution in [2.24, 2.45) is 0 Å². The van der Waals surface area contributed by atoms with Gasteiger partial charge in [0, 0.05) is 6.61 Å². The smallest absolute Gasteiger partial charge is 0.356 e. The lowest BCUT2D eigenvalue weighted by Gasteiger charge is -2.17. The quantitative estimate of drug-likeness (QED) is 0.335. The normalized spacial score (nSPS) is 14.2. The summed E-state index contributed by atoms with van der Waals surface area (Å²) in [5.41, 5.74) is 0.663. The number of carbonyl (C=O) groups is 2. The molecule has 0 atom stereocenters. The molecule has 1 aliphatic heterocycles. The summed E-state index contributed by atoms with van der Waals surface area (Å²) in [5.74, 6) is -0.947. The largest absolute Gasteiger partial charge is 0.369 e. The summed E-state index contributed by atoms with van der Waals surface area (Å²) < 4.78 is 27.7. The summed E-state index contributed by atoms with van der Waals surface area (Å²) in [6.07, 6.45) is 0.257. The molecular formula is C16H22NO7P. The van der Waals surface area contributed by atoms with Gasteiger partial charge in [-0.3, -0.25) is 19.0 Å². The zero-order chi connectivity index (χ0) is 18.3. The minimum Gasteiger partial charge on any atom is -0.369 e. The van der Waals surface area contributed by atoms with Gasteiger partial charge in [0.15, 0.2) is 0 Å². The number of hydroxylamine groups is 2. The molecule has 1 aromatic carbocycles. The minimum atomic E-state index is -3.23. The van der Waals surface area contributed by atoms with E-state index in [0.717, 1.165) is 5.06 Å². The van der Waals surface area contributed by atoms with Crippen LogP contribution in [0.15, 0.2) is 24.3 Å². The van der Waals surface area contributed by atoms with Gasteiger partial charge in [0.05, 0.1) is 30.9 Å². The van der Waals surface area contributed by atoms with Gasteiger partial charge in [-0.25, -0.2) is 0 Å². The van der Waals surface area contributed by atoms with Crippen molar-refractivity contribution in [3.05, 3.63) is 35.4 Å². The fourth-order valence-corrected chi connectivity index (χ4v) is 3.65. The highest BCUT2D eigenvalue weighted by atomic mass is 31.2. The molecule has 0 bridgehead atoms. The number of ether oxygens (including phenoxy) is 1. The third-order valence-corrected chi connectivity index (χ3v) is 5.11. The monoisotopic (exact) mass is 371 g/mol. The van der Waals surface area contributed by atoms with Crippen LogP contribution in [0.3, 0.4) is 0 Å². The first-order chi connectivity index (χ1) is 12.0. The molecule has 0 radical (unpaired) electrons. The SMILES string of the molecule is CCOP(=O)(COCCCON1C(=O)c2ccccc2C1=O)OCC. The lowest BCUT2D eigenvalue weighted by atomic mass is 10.1. The molecule has 138 valence electrons. The number of benzene rings is 1. The summed E-state index contributed by atoms with van der Waals surface area (Å²) >= 11 is 0.